The van der Waals surface area contributed by atoms with E-state index in [1.165, 1.54) is 12.1 Å². The molecule has 1 aliphatic heterocycles. The zero-order valence-corrected chi connectivity index (χ0v) is 14.8. The Hall–Kier alpha value is -1.82. The van der Waals surface area contributed by atoms with Crippen LogP contribution in [0.25, 0.3) is 0 Å². The maximum Gasteiger partial charge on any atom is 0.317 e. The van der Waals surface area contributed by atoms with Crippen LogP contribution in [0.1, 0.15) is 20.3 Å². The number of halogens is 1. The summed E-state index contributed by atoms with van der Waals surface area (Å²) in [4.78, 5) is 18.6. The van der Waals surface area contributed by atoms with Gasteiger partial charge in [0.05, 0.1) is 0 Å². The molecule has 1 aliphatic rings. The monoisotopic (exact) mass is 336 g/mol. The van der Waals surface area contributed by atoms with Crippen molar-refractivity contribution < 1.29 is 9.18 Å². The molecular formula is C18H29FN4O. The van der Waals surface area contributed by atoms with Gasteiger partial charge in [0, 0.05) is 38.4 Å². The summed E-state index contributed by atoms with van der Waals surface area (Å²) in [6.45, 7) is 11.1. The Balaban J connectivity index is 1.68. The predicted molar refractivity (Wildman–Crippen MR) is 96.0 cm³/mol. The summed E-state index contributed by atoms with van der Waals surface area (Å²) in [5, 5.41) is 3.01. The molecule has 1 aromatic carbocycles. The Bertz CT molecular complexity index is 496. The minimum absolute atomic E-state index is 0.0216. The summed E-state index contributed by atoms with van der Waals surface area (Å²) in [5.74, 6) is -0.221. The van der Waals surface area contributed by atoms with Crippen LogP contribution in [0.15, 0.2) is 24.3 Å². The molecular weight excluding hydrogens is 307 g/mol. The number of hydrogen-bond acceptors (Lipinski definition) is 3. The van der Waals surface area contributed by atoms with Crippen LogP contribution in [0.2, 0.25) is 0 Å². The van der Waals surface area contributed by atoms with Gasteiger partial charge in [-0.05, 0) is 50.3 Å². The average Bonchev–Trinajstić information content (AvgIpc) is 2.62. The fraction of sp³-hybridized carbons (Fsp3) is 0.611. The molecule has 0 bridgehead atoms. The van der Waals surface area contributed by atoms with Crippen molar-refractivity contribution in [3.63, 3.8) is 0 Å². The molecule has 1 fully saturated rings. The highest BCUT2D eigenvalue weighted by molar-refractivity contribution is 5.74. The predicted octanol–water partition coefficient (Wildman–Crippen LogP) is 2.39. The van der Waals surface area contributed by atoms with Crippen LogP contribution < -0.4 is 10.2 Å². The molecule has 1 saturated heterocycles. The van der Waals surface area contributed by atoms with E-state index in [9.17, 15) is 9.18 Å². The Morgan fingerprint density at radius 1 is 1.12 bits per heavy atom. The van der Waals surface area contributed by atoms with Crippen LogP contribution in [-0.4, -0.2) is 68.2 Å². The number of carbonyl (C=O) groups excluding carboxylic acids is 1. The van der Waals surface area contributed by atoms with Crippen LogP contribution in [0, 0.1) is 5.82 Å². The van der Waals surface area contributed by atoms with Crippen molar-refractivity contribution in [1.29, 1.82) is 0 Å². The molecule has 0 aromatic heterocycles. The zero-order valence-electron chi connectivity index (χ0n) is 14.8. The Morgan fingerprint density at radius 3 is 2.33 bits per heavy atom. The molecule has 24 heavy (non-hydrogen) atoms. The molecule has 2 rings (SSSR count). The lowest BCUT2D eigenvalue weighted by Crippen LogP contribution is -2.52. The third-order valence-corrected chi connectivity index (χ3v) is 4.58. The van der Waals surface area contributed by atoms with Crippen LogP contribution in [-0.2, 0) is 0 Å². The fourth-order valence-electron chi connectivity index (χ4n) is 2.97. The van der Waals surface area contributed by atoms with Gasteiger partial charge in [0.1, 0.15) is 5.82 Å². The number of urea groups is 1. The molecule has 0 saturated carbocycles. The Kier molecular flexibility index (Phi) is 7.31. The first-order valence-electron chi connectivity index (χ1n) is 8.89. The van der Waals surface area contributed by atoms with Gasteiger partial charge in [0.2, 0.25) is 0 Å². The lowest BCUT2D eigenvalue weighted by Gasteiger charge is -2.36. The van der Waals surface area contributed by atoms with Crippen LogP contribution in [0.5, 0.6) is 0 Å². The fourth-order valence-corrected chi connectivity index (χ4v) is 2.97. The minimum Gasteiger partial charge on any atom is -0.368 e. The van der Waals surface area contributed by atoms with Crippen LogP contribution in [0.4, 0.5) is 14.9 Å². The average molecular weight is 336 g/mol. The molecule has 2 amide bonds. The third kappa shape index (κ3) is 5.37. The summed E-state index contributed by atoms with van der Waals surface area (Å²) < 4.78 is 13.0. The smallest absolute Gasteiger partial charge is 0.317 e. The van der Waals surface area contributed by atoms with Crippen LogP contribution >= 0.6 is 0 Å². The largest absolute Gasteiger partial charge is 0.368 e. The van der Waals surface area contributed by atoms with E-state index in [2.05, 4.69) is 29.0 Å². The number of nitrogens with one attached hydrogen (secondary N) is 1. The van der Waals surface area contributed by atoms with Gasteiger partial charge in [-0.2, -0.15) is 0 Å². The molecule has 6 heteroatoms. The first-order chi connectivity index (χ1) is 11.6. The van der Waals surface area contributed by atoms with Gasteiger partial charge >= 0.3 is 6.03 Å². The molecule has 1 heterocycles. The van der Waals surface area contributed by atoms with E-state index < -0.39 is 0 Å². The summed E-state index contributed by atoms with van der Waals surface area (Å²) >= 11 is 0. The molecule has 0 aliphatic carbocycles. The van der Waals surface area contributed by atoms with E-state index in [1.807, 2.05) is 4.90 Å². The van der Waals surface area contributed by atoms with E-state index in [-0.39, 0.29) is 11.8 Å². The topological polar surface area (TPSA) is 38.8 Å². The maximum absolute atomic E-state index is 13.0. The van der Waals surface area contributed by atoms with E-state index in [0.29, 0.717) is 19.6 Å². The van der Waals surface area contributed by atoms with Crippen molar-refractivity contribution in [2.45, 2.75) is 20.3 Å². The number of benzene rings is 1. The first-order valence-corrected chi connectivity index (χ1v) is 8.89. The van der Waals surface area contributed by atoms with Gasteiger partial charge in [-0.15, -0.1) is 0 Å². The molecule has 0 unspecified atom stereocenters. The number of hydrogen-bond donors (Lipinski definition) is 1. The molecule has 0 radical (unpaired) electrons. The summed E-state index contributed by atoms with van der Waals surface area (Å²) in [6, 6.07) is 6.55. The lowest BCUT2D eigenvalue weighted by atomic mass is 10.2. The van der Waals surface area contributed by atoms with Crippen molar-refractivity contribution in [2.24, 2.45) is 0 Å². The maximum atomic E-state index is 13.0. The normalized spacial score (nSPS) is 15.0. The number of nitrogens with zero attached hydrogens (tertiary/aromatic N) is 3. The van der Waals surface area contributed by atoms with E-state index in [0.717, 1.165) is 44.8 Å². The summed E-state index contributed by atoms with van der Waals surface area (Å²) in [5.41, 5.74) is 1.01. The second-order valence-electron chi connectivity index (χ2n) is 6.06. The van der Waals surface area contributed by atoms with Crippen molar-refractivity contribution >= 4 is 11.7 Å². The van der Waals surface area contributed by atoms with Gasteiger partial charge in [-0.25, -0.2) is 9.18 Å². The molecule has 1 aromatic rings. The first kappa shape index (κ1) is 18.5. The van der Waals surface area contributed by atoms with Crippen molar-refractivity contribution in [3.8, 4) is 0 Å². The number of piperazine rings is 1. The van der Waals surface area contributed by atoms with E-state index in [1.54, 1.807) is 12.1 Å². The SMILES string of the molecule is CCN(CC)CCCNC(=O)N1CCN(c2ccc(F)cc2)CC1. The summed E-state index contributed by atoms with van der Waals surface area (Å²) in [6.07, 6.45) is 0.975. The summed E-state index contributed by atoms with van der Waals surface area (Å²) in [7, 11) is 0. The third-order valence-electron chi connectivity index (χ3n) is 4.58. The minimum atomic E-state index is -0.221. The molecule has 5 nitrogen and oxygen atoms in total. The standard InChI is InChI=1S/C18H29FN4O/c1-3-21(4-2)11-5-10-20-18(24)23-14-12-22(13-15-23)17-8-6-16(19)7-9-17/h6-9H,3-5,10-15H2,1-2H3,(H,20,24). The molecule has 134 valence electrons. The quantitative estimate of drug-likeness (QED) is 0.777. The second-order valence-corrected chi connectivity index (χ2v) is 6.06. The molecule has 0 atom stereocenters. The zero-order chi connectivity index (χ0) is 17.4. The number of anilines is 1. The van der Waals surface area contributed by atoms with Crippen molar-refractivity contribution in [3.05, 3.63) is 30.1 Å². The van der Waals surface area contributed by atoms with Gasteiger partial charge in [-0.1, -0.05) is 13.8 Å². The molecule has 0 spiro atoms. The van der Waals surface area contributed by atoms with Gasteiger partial charge in [0.15, 0.2) is 0 Å². The van der Waals surface area contributed by atoms with Gasteiger partial charge in [-0.3, -0.25) is 0 Å². The van der Waals surface area contributed by atoms with Crippen molar-refractivity contribution in [1.82, 2.24) is 15.1 Å². The highest BCUT2D eigenvalue weighted by Crippen LogP contribution is 2.16. The number of carbonyl (C=O) groups is 1. The van der Waals surface area contributed by atoms with Crippen LogP contribution in [0.3, 0.4) is 0 Å². The molecule has 1 N–H and O–H groups in total. The Morgan fingerprint density at radius 2 is 1.75 bits per heavy atom. The van der Waals surface area contributed by atoms with Gasteiger partial charge < -0.3 is 20.0 Å². The van der Waals surface area contributed by atoms with Crippen molar-refractivity contribution in [2.75, 3.05) is 57.3 Å². The number of rotatable bonds is 7. The lowest BCUT2D eigenvalue weighted by molar-refractivity contribution is 0.193. The van der Waals surface area contributed by atoms with Gasteiger partial charge in [0.25, 0.3) is 0 Å². The number of amides is 2. The van der Waals surface area contributed by atoms with E-state index >= 15 is 0 Å². The second kappa shape index (κ2) is 9.47. The Labute approximate surface area is 144 Å². The van der Waals surface area contributed by atoms with E-state index in [4.69, 9.17) is 0 Å². The highest BCUT2D eigenvalue weighted by Gasteiger charge is 2.20. The highest BCUT2D eigenvalue weighted by atomic mass is 19.1.